The number of ether oxygens (including phenoxy) is 1. The first-order chi connectivity index (χ1) is 13.0. The highest BCUT2D eigenvalue weighted by molar-refractivity contribution is 6.25. The van der Waals surface area contributed by atoms with Crippen LogP contribution in [0.4, 0.5) is 4.39 Å². The molecule has 2 heterocycles. The van der Waals surface area contributed by atoms with Gasteiger partial charge in [-0.15, -0.1) is 0 Å². The largest absolute Gasteiger partial charge is 0.505 e. The maximum atomic E-state index is 13.3. The fourth-order valence-electron chi connectivity index (χ4n) is 4.27. The first-order valence-electron chi connectivity index (χ1n) is 9.03. The van der Waals surface area contributed by atoms with Crippen LogP contribution in [0.1, 0.15) is 37.8 Å². The number of esters is 1. The molecule has 1 aromatic carbocycles. The van der Waals surface area contributed by atoms with Gasteiger partial charge in [-0.25, -0.2) is 9.18 Å². The third-order valence-electron chi connectivity index (χ3n) is 5.66. The molecular formula is C21H20FNO4. The molecular weight excluding hydrogens is 349 g/mol. The van der Waals surface area contributed by atoms with Crippen molar-refractivity contribution in [3.05, 3.63) is 53.6 Å². The van der Waals surface area contributed by atoms with E-state index < -0.39 is 11.5 Å². The monoisotopic (exact) mass is 369 g/mol. The minimum atomic E-state index is -0.887. The zero-order chi connectivity index (χ0) is 19.2. The number of aliphatic hydroxyl groups excluding tert-OH is 1. The van der Waals surface area contributed by atoms with Crippen molar-refractivity contribution in [2.75, 3.05) is 7.11 Å². The molecule has 1 saturated carbocycles. The van der Waals surface area contributed by atoms with Gasteiger partial charge in [0.2, 0.25) is 0 Å². The third kappa shape index (κ3) is 2.59. The predicted octanol–water partition coefficient (Wildman–Crippen LogP) is 3.98. The average molecular weight is 369 g/mol. The summed E-state index contributed by atoms with van der Waals surface area (Å²) in [6.45, 7) is 0. The van der Waals surface area contributed by atoms with E-state index in [9.17, 15) is 19.1 Å². The van der Waals surface area contributed by atoms with Crippen molar-refractivity contribution in [1.29, 1.82) is 0 Å². The molecule has 2 aliphatic rings. The van der Waals surface area contributed by atoms with E-state index in [1.807, 2.05) is 6.20 Å². The summed E-state index contributed by atoms with van der Waals surface area (Å²) in [5.74, 6) is -1.91. The quantitative estimate of drug-likeness (QED) is 0.642. The van der Waals surface area contributed by atoms with Crippen LogP contribution < -0.4 is 0 Å². The molecule has 1 N–H and O–H groups in total. The van der Waals surface area contributed by atoms with Crippen LogP contribution in [-0.4, -0.2) is 28.5 Å². The molecule has 0 atom stereocenters. The molecule has 5 nitrogen and oxygen atoms in total. The Labute approximate surface area is 156 Å². The number of hydrogen-bond acceptors (Lipinski definition) is 4. The standard InChI is InChI=1S/C21H20FNO4/c1-27-20(26)17-18(24)16-11-14(13-5-7-15(22)8-6-13)12-23(16)21(19(17)25)9-3-2-4-10-21/h5-8,11-12,24H,2-4,9-10H2,1H3. The van der Waals surface area contributed by atoms with Crippen LogP contribution in [0.5, 0.6) is 0 Å². The molecule has 0 radical (unpaired) electrons. The molecule has 140 valence electrons. The van der Waals surface area contributed by atoms with E-state index in [1.165, 1.54) is 19.2 Å². The number of aromatic nitrogens is 1. The number of benzene rings is 1. The summed E-state index contributed by atoms with van der Waals surface area (Å²) in [4.78, 5) is 25.5. The third-order valence-corrected chi connectivity index (χ3v) is 5.66. The predicted molar refractivity (Wildman–Crippen MR) is 97.5 cm³/mol. The van der Waals surface area contributed by atoms with Crippen LogP contribution in [0, 0.1) is 5.82 Å². The van der Waals surface area contributed by atoms with Gasteiger partial charge >= 0.3 is 5.97 Å². The molecule has 2 aromatic rings. The average Bonchev–Trinajstić information content (AvgIpc) is 3.14. The van der Waals surface area contributed by atoms with E-state index >= 15 is 0 Å². The van der Waals surface area contributed by atoms with Gasteiger partial charge in [0.05, 0.1) is 12.8 Å². The first kappa shape index (κ1) is 17.5. The molecule has 6 heteroatoms. The topological polar surface area (TPSA) is 68.5 Å². The van der Waals surface area contributed by atoms with Crippen LogP contribution >= 0.6 is 0 Å². The molecule has 0 saturated heterocycles. The van der Waals surface area contributed by atoms with E-state index in [4.69, 9.17) is 4.74 Å². The Morgan fingerprint density at radius 1 is 1.15 bits per heavy atom. The number of ketones is 1. The van der Waals surface area contributed by atoms with Crippen LogP contribution in [0.2, 0.25) is 0 Å². The second kappa shape index (κ2) is 6.37. The van der Waals surface area contributed by atoms with Crippen LogP contribution in [-0.2, 0) is 19.9 Å². The Kier molecular flexibility index (Phi) is 4.13. The fraction of sp³-hybridized carbons (Fsp3) is 0.333. The van der Waals surface area contributed by atoms with Gasteiger partial charge in [-0.05, 0) is 36.6 Å². The number of nitrogens with zero attached hydrogens (tertiary/aromatic N) is 1. The summed E-state index contributed by atoms with van der Waals surface area (Å²) in [7, 11) is 1.20. The number of carbonyl (C=O) groups is 2. The highest BCUT2D eigenvalue weighted by Crippen LogP contribution is 2.45. The van der Waals surface area contributed by atoms with E-state index in [-0.39, 0.29) is 22.9 Å². The van der Waals surface area contributed by atoms with Crippen LogP contribution in [0.25, 0.3) is 16.9 Å². The van der Waals surface area contributed by atoms with Gasteiger partial charge in [0.1, 0.15) is 16.9 Å². The Hall–Kier alpha value is -2.89. The SMILES string of the molecule is COC(=O)C1=C(O)c2cc(-c3ccc(F)cc3)cn2C2(CCCCC2)C1=O. The maximum absolute atomic E-state index is 13.3. The first-order valence-corrected chi connectivity index (χ1v) is 9.03. The molecule has 1 aliphatic heterocycles. The van der Waals surface area contributed by atoms with E-state index in [2.05, 4.69) is 0 Å². The molecule has 27 heavy (non-hydrogen) atoms. The van der Waals surface area contributed by atoms with Gasteiger partial charge in [-0.2, -0.15) is 0 Å². The number of rotatable bonds is 2. The lowest BCUT2D eigenvalue weighted by Gasteiger charge is -2.41. The van der Waals surface area contributed by atoms with Crippen molar-refractivity contribution in [3.63, 3.8) is 0 Å². The minimum absolute atomic E-state index is 0.282. The smallest absolute Gasteiger partial charge is 0.345 e. The second-order valence-electron chi connectivity index (χ2n) is 7.13. The number of carbonyl (C=O) groups excluding carboxylic acids is 2. The Bertz CT molecular complexity index is 949. The summed E-state index contributed by atoms with van der Waals surface area (Å²) in [5.41, 5.74) is 0.762. The normalized spacial score (nSPS) is 18.5. The summed E-state index contributed by atoms with van der Waals surface area (Å²) in [6.07, 6.45) is 5.78. The van der Waals surface area contributed by atoms with Crippen molar-refractivity contribution in [1.82, 2.24) is 4.57 Å². The molecule has 1 aliphatic carbocycles. The Morgan fingerprint density at radius 2 is 1.81 bits per heavy atom. The molecule has 0 unspecified atom stereocenters. The molecule has 1 spiro atoms. The molecule has 1 aromatic heterocycles. The van der Waals surface area contributed by atoms with Crippen molar-refractivity contribution < 1.29 is 23.8 Å². The van der Waals surface area contributed by atoms with Crippen molar-refractivity contribution in [2.24, 2.45) is 0 Å². The van der Waals surface area contributed by atoms with Gasteiger partial charge in [-0.1, -0.05) is 31.4 Å². The summed E-state index contributed by atoms with van der Waals surface area (Å²) in [5, 5.41) is 10.7. The number of hydrogen-bond donors (Lipinski definition) is 1. The summed E-state index contributed by atoms with van der Waals surface area (Å²) in [6, 6.07) is 7.75. The van der Waals surface area contributed by atoms with Crippen molar-refractivity contribution in [3.8, 4) is 11.1 Å². The fourth-order valence-corrected chi connectivity index (χ4v) is 4.27. The zero-order valence-corrected chi connectivity index (χ0v) is 15.0. The van der Waals surface area contributed by atoms with E-state index in [1.54, 1.807) is 22.8 Å². The number of methoxy groups -OCH3 is 1. The number of Topliss-reactive ketones (excluding diaryl/α,β-unsaturated/α-hetero) is 1. The van der Waals surface area contributed by atoms with E-state index in [0.717, 1.165) is 30.4 Å². The maximum Gasteiger partial charge on any atom is 0.345 e. The van der Waals surface area contributed by atoms with Crippen molar-refractivity contribution >= 4 is 17.5 Å². The zero-order valence-electron chi connectivity index (χ0n) is 15.0. The molecule has 0 amide bonds. The summed E-state index contributed by atoms with van der Waals surface area (Å²) >= 11 is 0. The van der Waals surface area contributed by atoms with Gasteiger partial charge in [0.25, 0.3) is 0 Å². The van der Waals surface area contributed by atoms with Gasteiger partial charge < -0.3 is 14.4 Å². The highest BCUT2D eigenvalue weighted by Gasteiger charge is 2.50. The van der Waals surface area contributed by atoms with E-state index in [0.29, 0.717) is 18.5 Å². The minimum Gasteiger partial charge on any atom is -0.505 e. The number of halogens is 1. The lowest BCUT2D eigenvalue weighted by molar-refractivity contribution is -0.140. The summed E-state index contributed by atoms with van der Waals surface area (Å²) < 4.78 is 19.8. The molecule has 1 fully saturated rings. The van der Waals surface area contributed by atoms with Gasteiger partial charge in [0, 0.05) is 11.8 Å². The molecule has 4 rings (SSSR count). The number of fused-ring (bicyclic) bond motifs is 2. The lowest BCUT2D eigenvalue weighted by Crippen LogP contribution is -2.48. The van der Waals surface area contributed by atoms with Gasteiger partial charge in [0.15, 0.2) is 11.5 Å². The number of aliphatic hydroxyl groups is 1. The lowest BCUT2D eigenvalue weighted by atomic mass is 9.74. The van der Waals surface area contributed by atoms with Crippen molar-refractivity contribution in [2.45, 2.75) is 37.6 Å². The molecule has 0 bridgehead atoms. The van der Waals surface area contributed by atoms with Crippen LogP contribution in [0.15, 0.2) is 42.1 Å². The van der Waals surface area contributed by atoms with Crippen LogP contribution in [0.3, 0.4) is 0 Å². The highest BCUT2D eigenvalue weighted by atomic mass is 19.1. The Morgan fingerprint density at radius 3 is 2.44 bits per heavy atom. The Balaban J connectivity index is 1.93. The second-order valence-corrected chi connectivity index (χ2v) is 7.13. The van der Waals surface area contributed by atoms with Gasteiger partial charge in [-0.3, -0.25) is 4.79 Å².